The zero-order chi connectivity index (χ0) is 12.5. The number of halogens is 1. The van der Waals surface area contributed by atoms with Gasteiger partial charge in [0.1, 0.15) is 5.82 Å². The van der Waals surface area contributed by atoms with E-state index in [1.807, 2.05) is 0 Å². The van der Waals surface area contributed by atoms with Crippen molar-refractivity contribution < 1.29 is 9.18 Å². The maximum absolute atomic E-state index is 13.4. The van der Waals surface area contributed by atoms with Crippen molar-refractivity contribution in [2.24, 2.45) is 16.9 Å². The van der Waals surface area contributed by atoms with E-state index in [4.69, 9.17) is 0 Å². The summed E-state index contributed by atoms with van der Waals surface area (Å²) in [7, 11) is 0. The molecule has 3 nitrogen and oxygen atoms in total. The highest BCUT2D eigenvalue weighted by atomic mass is 19.1. The van der Waals surface area contributed by atoms with E-state index >= 15 is 0 Å². The van der Waals surface area contributed by atoms with E-state index in [0.717, 1.165) is 18.6 Å². The molecular weight excluding hydrogens is 231 g/mol. The van der Waals surface area contributed by atoms with Crippen molar-refractivity contribution in [1.29, 1.82) is 0 Å². The number of carbonyl (C=O) groups is 1. The zero-order valence-corrected chi connectivity index (χ0v) is 9.77. The SMILES string of the molecule is O=C(NN=C1CC2C=CCC12)c1ccccc1F. The second kappa shape index (κ2) is 4.37. The van der Waals surface area contributed by atoms with E-state index in [2.05, 4.69) is 22.7 Å². The summed E-state index contributed by atoms with van der Waals surface area (Å²) >= 11 is 0. The largest absolute Gasteiger partial charge is 0.274 e. The summed E-state index contributed by atoms with van der Waals surface area (Å²) in [5.74, 6) is 0.0271. The first kappa shape index (κ1) is 11.1. The van der Waals surface area contributed by atoms with Crippen LogP contribution in [0.15, 0.2) is 41.5 Å². The minimum absolute atomic E-state index is 0.0299. The topological polar surface area (TPSA) is 41.5 Å². The Balaban J connectivity index is 1.66. The molecule has 0 saturated heterocycles. The molecule has 2 atom stereocenters. The number of hydrazone groups is 1. The molecule has 2 unspecified atom stereocenters. The van der Waals surface area contributed by atoms with Gasteiger partial charge >= 0.3 is 0 Å². The van der Waals surface area contributed by atoms with Crippen molar-refractivity contribution in [1.82, 2.24) is 5.43 Å². The number of rotatable bonds is 2. The number of carbonyl (C=O) groups excluding carboxylic acids is 1. The van der Waals surface area contributed by atoms with Gasteiger partial charge < -0.3 is 0 Å². The molecule has 0 bridgehead atoms. The van der Waals surface area contributed by atoms with Crippen LogP contribution in [0.25, 0.3) is 0 Å². The number of benzene rings is 1. The molecule has 1 N–H and O–H groups in total. The first-order valence-electron chi connectivity index (χ1n) is 6.03. The van der Waals surface area contributed by atoms with Crippen LogP contribution in [0.5, 0.6) is 0 Å². The van der Waals surface area contributed by atoms with Crippen molar-refractivity contribution in [3.05, 3.63) is 47.8 Å². The Morgan fingerprint density at radius 3 is 3.00 bits per heavy atom. The highest BCUT2D eigenvalue weighted by molar-refractivity contribution is 5.98. The van der Waals surface area contributed by atoms with Crippen molar-refractivity contribution in [2.45, 2.75) is 12.8 Å². The van der Waals surface area contributed by atoms with Crippen LogP contribution in [0.2, 0.25) is 0 Å². The van der Waals surface area contributed by atoms with Crippen LogP contribution in [-0.2, 0) is 0 Å². The first-order chi connectivity index (χ1) is 8.75. The Bertz CT molecular complexity index is 550. The fraction of sp³-hybridized carbons (Fsp3) is 0.286. The molecule has 0 radical (unpaired) electrons. The van der Waals surface area contributed by atoms with Crippen molar-refractivity contribution in [2.75, 3.05) is 0 Å². The van der Waals surface area contributed by atoms with E-state index in [-0.39, 0.29) is 5.56 Å². The summed E-state index contributed by atoms with van der Waals surface area (Å²) in [5, 5.41) is 4.10. The zero-order valence-electron chi connectivity index (χ0n) is 9.77. The van der Waals surface area contributed by atoms with Gasteiger partial charge in [0.15, 0.2) is 0 Å². The van der Waals surface area contributed by atoms with Gasteiger partial charge in [-0.2, -0.15) is 5.10 Å². The third kappa shape index (κ3) is 1.83. The average molecular weight is 244 g/mol. The predicted molar refractivity (Wildman–Crippen MR) is 66.7 cm³/mol. The lowest BCUT2D eigenvalue weighted by Gasteiger charge is -2.31. The van der Waals surface area contributed by atoms with E-state index in [1.165, 1.54) is 12.1 Å². The summed E-state index contributed by atoms with van der Waals surface area (Å²) in [5.41, 5.74) is 3.47. The highest BCUT2D eigenvalue weighted by Crippen LogP contribution is 2.40. The Kier molecular flexibility index (Phi) is 2.70. The van der Waals surface area contributed by atoms with Crippen molar-refractivity contribution in [3.8, 4) is 0 Å². The molecule has 1 saturated carbocycles. The normalized spacial score (nSPS) is 26.8. The second-order valence-corrected chi connectivity index (χ2v) is 4.66. The van der Waals surface area contributed by atoms with Gasteiger partial charge in [0.25, 0.3) is 5.91 Å². The molecule has 0 spiro atoms. The lowest BCUT2D eigenvalue weighted by atomic mass is 9.74. The minimum Gasteiger partial charge on any atom is -0.267 e. The highest BCUT2D eigenvalue weighted by Gasteiger charge is 2.38. The van der Waals surface area contributed by atoms with E-state index in [9.17, 15) is 9.18 Å². The van der Waals surface area contributed by atoms with Crippen LogP contribution >= 0.6 is 0 Å². The number of allylic oxidation sites excluding steroid dienone is 2. The van der Waals surface area contributed by atoms with Crippen molar-refractivity contribution in [3.63, 3.8) is 0 Å². The number of amides is 1. The first-order valence-corrected chi connectivity index (χ1v) is 6.03. The minimum atomic E-state index is -0.524. The number of fused-ring (bicyclic) bond motifs is 1. The van der Waals surface area contributed by atoms with Crippen molar-refractivity contribution >= 4 is 11.6 Å². The van der Waals surface area contributed by atoms with Gasteiger partial charge in [0.2, 0.25) is 0 Å². The van der Waals surface area contributed by atoms with Gasteiger partial charge in [-0.25, -0.2) is 9.82 Å². The van der Waals surface area contributed by atoms with Gasteiger partial charge in [-0.3, -0.25) is 4.79 Å². The third-order valence-electron chi connectivity index (χ3n) is 3.58. The van der Waals surface area contributed by atoms with Gasteiger partial charge in [-0.15, -0.1) is 0 Å². The number of nitrogens with zero attached hydrogens (tertiary/aromatic N) is 1. The van der Waals surface area contributed by atoms with Gasteiger partial charge in [-0.05, 0) is 30.9 Å². The molecule has 92 valence electrons. The average Bonchev–Trinajstić information content (AvgIpc) is 2.71. The smallest absolute Gasteiger partial charge is 0.267 e. The molecule has 1 aromatic carbocycles. The molecule has 0 aromatic heterocycles. The summed E-state index contributed by atoms with van der Waals surface area (Å²) < 4.78 is 13.4. The quantitative estimate of drug-likeness (QED) is 0.630. The van der Waals surface area contributed by atoms with E-state index in [0.29, 0.717) is 11.8 Å². The van der Waals surface area contributed by atoms with Crippen LogP contribution in [0.4, 0.5) is 4.39 Å². The molecule has 18 heavy (non-hydrogen) atoms. The van der Waals surface area contributed by atoms with Crippen LogP contribution in [0.1, 0.15) is 23.2 Å². The maximum atomic E-state index is 13.4. The molecule has 2 aliphatic carbocycles. The molecule has 0 aliphatic heterocycles. The van der Waals surface area contributed by atoms with Gasteiger partial charge in [-0.1, -0.05) is 24.3 Å². The third-order valence-corrected chi connectivity index (χ3v) is 3.58. The van der Waals surface area contributed by atoms with Crippen LogP contribution in [0.3, 0.4) is 0 Å². The Labute approximate surface area is 104 Å². The molecule has 3 rings (SSSR count). The lowest BCUT2D eigenvalue weighted by molar-refractivity contribution is 0.0950. The fourth-order valence-corrected chi connectivity index (χ4v) is 2.49. The summed E-state index contributed by atoms with van der Waals surface area (Å²) in [6.07, 6.45) is 6.25. The predicted octanol–water partition coefficient (Wildman–Crippen LogP) is 2.51. The number of nitrogens with one attached hydrogen (secondary N) is 1. The Morgan fingerprint density at radius 2 is 2.22 bits per heavy atom. The van der Waals surface area contributed by atoms with Gasteiger partial charge in [0, 0.05) is 11.6 Å². The summed E-state index contributed by atoms with van der Waals surface area (Å²) in [6.45, 7) is 0. The standard InChI is InChI=1S/C14H13FN2O/c15-12-7-2-1-5-11(12)14(18)17-16-13-8-9-4-3-6-10(9)13/h1-5,7,9-10H,6,8H2,(H,17,18). The maximum Gasteiger partial charge on any atom is 0.274 e. The Morgan fingerprint density at radius 1 is 1.39 bits per heavy atom. The molecule has 0 heterocycles. The van der Waals surface area contributed by atoms with Crippen LogP contribution in [0, 0.1) is 17.7 Å². The lowest BCUT2D eigenvalue weighted by Crippen LogP contribution is -2.35. The van der Waals surface area contributed by atoms with E-state index < -0.39 is 11.7 Å². The molecule has 2 aliphatic rings. The monoisotopic (exact) mass is 244 g/mol. The molecule has 1 fully saturated rings. The summed E-state index contributed by atoms with van der Waals surface area (Å²) in [4.78, 5) is 11.7. The van der Waals surface area contributed by atoms with Crippen LogP contribution < -0.4 is 5.43 Å². The van der Waals surface area contributed by atoms with E-state index in [1.54, 1.807) is 12.1 Å². The molecule has 4 heteroatoms. The summed E-state index contributed by atoms with van der Waals surface area (Å²) in [6, 6.07) is 5.90. The molecule has 1 amide bonds. The Hall–Kier alpha value is -1.97. The second-order valence-electron chi connectivity index (χ2n) is 4.66. The number of hydrogen-bond acceptors (Lipinski definition) is 2. The van der Waals surface area contributed by atoms with Gasteiger partial charge in [0.05, 0.1) is 5.56 Å². The number of hydrogen-bond donors (Lipinski definition) is 1. The molecular formula is C14H13FN2O. The fourth-order valence-electron chi connectivity index (χ4n) is 2.49. The van der Waals surface area contributed by atoms with Crippen LogP contribution in [-0.4, -0.2) is 11.6 Å². The molecule has 1 aromatic rings.